The zero-order chi connectivity index (χ0) is 13.5. The van der Waals surface area contributed by atoms with Gasteiger partial charge in [0, 0.05) is 12.5 Å². The van der Waals surface area contributed by atoms with Crippen LogP contribution in [0.1, 0.15) is 31.7 Å². The van der Waals surface area contributed by atoms with Crippen LogP contribution >= 0.6 is 0 Å². The maximum atomic E-state index is 11.7. The SMILES string of the molecule is CCCCC=Cc1ccc(S(C)=O)c(S(C)=O)c1. The minimum absolute atomic E-state index is 0.668. The van der Waals surface area contributed by atoms with Crippen molar-refractivity contribution in [2.75, 3.05) is 12.5 Å². The second-order valence-corrected chi connectivity index (χ2v) is 6.86. The van der Waals surface area contributed by atoms with E-state index in [1.807, 2.05) is 24.3 Å². The molecule has 4 heteroatoms. The van der Waals surface area contributed by atoms with Crippen molar-refractivity contribution < 1.29 is 8.42 Å². The minimum atomic E-state index is -1.11. The lowest BCUT2D eigenvalue weighted by Crippen LogP contribution is -1.98. The highest BCUT2D eigenvalue weighted by Gasteiger charge is 2.09. The quantitative estimate of drug-likeness (QED) is 0.751. The Morgan fingerprint density at radius 2 is 1.78 bits per heavy atom. The molecule has 0 spiro atoms. The van der Waals surface area contributed by atoms with Crippen LogP contribution in [0.2, 0.25) is 0 Å². The molecular formula is C14H20O2S2. The highest BCUT2D eigenvalue weighted by Crippen LogP contribution is 2.19. The average Bonchev–Trinajstić information content (AvgIpc) is 2.34. The van der Waals surface area contributed by atoms with Crippen LogP contribution in [0.25, 0.3) is 6.08 Å². The van der Waals surface area contributed by atoms with Gasteiger partial charge in [-0.3, -0.25) is 8.42 Å². The van der Waals surface area contributed by atoms with Crippen molar-refractivity contribution in [2.45, 2.75) is 36.0 Å². The van der Waals surface area contributed by atoms with Gasteiger partial charge in [-0.2, -0.15) is 0 Å². The highest BCUT2D eigenvalue weighted by molar-refractivity contribution is 7.87. The molecule has 2 nitrogen and oxygen atoms in total. The van der Waals surface area contributed by atoms with Crippen LogP contribution < -0.4 is 0 Å². The smallest absolute Gasteiger partial charge is 0.0552 e. The van der Waals surface area contributed by atoms with E-state index in [1.54, 1.807) is 12.5 Å². The second-order valence-electron chi connectivity index (χ2n) is 4.16. The van der Waals surface area contributed by atoms with E-state index in [2.05, 4.69) is 13.0 Å². The Morgan fingerprint density at radius 3 is 2.33 bits per heavy atom. The van der Waals surface area contributed by atoms with Gasteiger partial charge in [0.25, 0.3) is 0 Å². The van der Waals surface area contributed by atoms with Crippen LogP contribution in [-0.2, 0) is 21.6 Å². The monoisotopic (exact) mass is 284 g/mol. The van der Waals surface area contributed by atoms with Crippen molar-refractivity contribution in [3.63, 3.8) is 0 Å². The first-order valence-electron chi connectivity index (χ1n) is 6.03. The fourth-order valence-electron chi connectivity index (χ4n) is 1.63. The normalized spacial score (nSPS) is 14.8. The van der Waals surface area contributed by atoms with E-state index in [4.69, 9.17) is 0 Å². The van der Waals surface area contributed by atoms with Crippen molar-refractivity contribution in [2.24, 2.45) is 0 Å². The molecular weight excluding hydrogens is 264 g/mol. The Labute approximate surface area is 114 Å². The molecule has 0 aliphatic rings. The lowest BCUT2D eigenvalue weighted by Gasteiger charge is -2.05. The lowest BCUT2D eigenvalue weighted by molar-refractivity contribution is 0.678. The van der Waals surface area contributed by atoms with Gasteiger partial charge in [0.1, 0.15) is 0 Å². The molecule has 0 saturated heterocycles. The van der Waals surface area contributed by atoms with Gasteiger partial charge < -0.3 is 0 Å². The summed E-state index contributed by atoms with van der Waals surface area (Å²) in [6.45, 7) is 2.16. The standard InChI is InChI=1S/C14H20O2S2/c1-4-5-6-7-8-12-9-10-13(17(2)15)14(11-12)18(3)16/h7-11H,4-6H2,1-3H3. The predicted molar refractivity (Wildman–Crippen MR) is 79.7 cm³/mol. The molecule has 1 aromatic carbocycles. The Balaban J connectivity index is 2.97. The van der Waals surface area contributed by atoms with Crippen molar-refractivity contribution >= 4 is 27.7 Å². The fraction of sp³-hybridized carbons (Fsp3) is 0.429. The first kappa shape index (κ1) is 15.3. The molecule has 100 valence electrons. The van der Waals surface area contributed by atoms with Crippen LogP contribution in [0.4, 0.5) is 0 Å². The summed E-state index contributed by atoms with van der Waals surface area (Å²) in [5, 5.41) is 0. The van der Waals surface area contributed by atoms with Gasteiger partial charge >= 0.3 is 0 Å². The van der Waals surface area contributed by atoms with Crippen molar-refractivity contribution in [1.82, 2.24) is 0 Å². The summed E-state index contributed by atoms with van der Waals surface area (Å²) in [5.41, 5.74) is 1.02. The predicted octanol–water partition coefficient (Wildman–Crippen LogP) is 3.36. The van der Waals surface area contributed by atoms with Crippen molar-refractivity contribution in [1.29, 1.82) is 0 Å². The molecule has 0 bridgehead atoms. The van der Waals surface area contributed by atoms with Crippen LogP contribution in [0.15, 0.2) is 34.1 Å². The summed E-state index contributed by atoms with van der Waals surface area (Å²) in [6, 6.07) is 5.61. The summed E-state index contributed by atoms with van der Waals surface area (Å²) in [7, 11) is -2.20. The molecule has 0 fully saturated rings. The maximum absolute atomic E-state index is 11.7. The number of unbranched alkanes of at least 4 members (excludes halogenated alkanes) is 2. The number of benzene rings is 1. The molecule has 2 unspecified atom stereocenters. The average molecular weight is 284 g/mol. The number of hydrogen-bond donors (Lipinski definition) is 0. The van der Waals surface area contributed by atoms with E-state index >= 15 is 0 Å². The van der Waals surface area contributed by atoms with Crippen LogP contribution in [0.3, 0.4) is 0 Å². The highest BCUT2D eigenvalue weighted by atomic mass is 32.2. The van der Waals surface area contributed by atoms with Gasteiger partial charge in [0.15, 0.2) is 0 Å². The van der Waals surface area contributed by atoms with Crippen LogP contribution in [0.5, 0.6) is 0 Å². The summed E-state index contributed by atoms with van der Waals surface area (Å²) in [5.74, 6) is 0. The van der Waals surface area contributed by atoms with Crippen molar-refractivity contribution in [3.8, 4) is 0 Å². The Bertz CT molecular complexity index is 479. The topological polar surface area (TPSA) is 34.1 Å². The van der Waals surface area contributed by atoms with Gasteiger partial charge in [-0.25, -0.2) is 0 Å². The van der Waals surface area contributed by atoms with E-state index in [1.165, 1.54) is 12.8 Å². The third-order valence-corrected chi connectivity index (χ3v) is 4.68. The zero-order valence-corrected chi connectivity index (χ0v) is 12.8. The van der Waals surface area contributed by atoms with E-state index in [0.717, 1.165) is 12.0 Å². The summed E-state index contributed by atoms with van der Waals surface area (Å²) < 4.78 is 23.2. The molecule has 0 radical (unpaired) electrons. The second kappa shape index (κ2) is 7.64. The third-order valence-electron chi connectivity index (χ3n) is 2.62. The molecule has 0 N–H and O–H groups in total. The number of hydrogen-bond acceptors (Lipinski definition) is 2. The maximum Gasteiger partial charge on any atom is 0.0552 e. The van der Waals surface area contributed by atoms with Crippen LogP contribution in [-0.4, -0.2) is 20.9 Å². The van der Waals surface area contributed by atoms with Crippen molar-refractivity contribution in [3.05, 3.63) is 29.8 Å². The molecule has 2 atom stereocenters. The number of rotatable bonds is 6. The molecule has 0 saturated carbocycles. The largest absolute Gasteiger partial charge is 0.255 e. The Hall–Kier alpha value is -0.740. The summed E-state index contributed by atoms with van der Waals surface area (Å²) in [4.78, 5) is 1.34. The van der Waals surface area contributed by atoms with E-state index in [-0.39, 0.29) is 0 Å². The zero-order valence-electron chi connectivity index (χ0n) is 11.1. The van der Waals surface area contributed by atoms with E-state index in [0.29, 0.717) is 9.79 Å². The minimum Gasteiger partial charge on any atom is -0.255 e. The molecule has 0 amide bonds. The Kier molecular flexibility index (Phi) is 6.50. The van der Waals surface area contributed by atoms with Gasteiger partial charge in [0.2, 0.25) is 0 Å². The van der Waals surface area contributed by atoms with Gasteiger partial charge in [-0.1, -0.05) is 38.0 Å². The molecule has 0 aliphatic carbocycles. The van der Waals surface area contributed by atoms with Gasteiger partial charge in [-0.05, 0) is 24.1 Å². The lowest BCUT2D eigenvalue weighted by atomic mass is 10.2. The van der Waals surface area contributed by atoms with Crippen LogP contribution in [0, 0.1) is 0 Å². The summed E-state index contributed by atoms with van der Waals surface area (Å²) >= 11 is 0. The molecule has 0 aromatic heterocycles. The Morgan fingerprint density at radius 1 is 1.11 bits per heavy atom. The molecule has 0 heterocycles. The molecule has 1 aromatic rings. The van der Waals surface area contributed by atoms with Gasteiger partial charge in [-0.15, -0.1) is 0 Å². The van der Waals surface area contributed by atoms with E-state index < -0.39 is 21.6 Å². The first-order chi connectivity index (χ1) is 8.56. The van der Waals surface area contributed by atoms with E-state index in [9.17, 15) is 8.42 Å². The third kappa shape index (κ3) is 4.50. The molecule has 0 aliphatic heterocycles. The molecule has 1 rings (SSSR count). The molecule has 18 heavy (non-hydrogen) atoms. The first-order valence-corrected chi connectivity index (χ1v) is 9.15. The number of allylic oxidation sites excluding steroid dienone is 1. The van der Waals surface area contributed by atoms with Gasteiger partial charge in [0.05, 0.1) is 31.4 Å². The fourth-order valence-corrected chi connectivity index (χ4v) is 3.59. The summed E-state index contributed by atoms with van der Waals surface area (Å²) in [6.07, 6.45) is 10.8.